The largest absolute Gasteiger partial charge is 0.481 e. The molecule has 0 aromatic heterocycles. The minimum absolute atomic E-state index is 0.123. The van der Waals surface area contributed by atoms with Crippen molar-refractivity contribution >= 4 is 5.97 Å². The Hall–Kier alpha value is -2.99. The Labute approximate surface area is 245 Å². The fraction of sp³-hybridized carbons (Fsp3) is 0.472. The molecule has 3 N–H and O–H groups in total. The number of carboxylic acids is 1. The van der Waals surface area contributed by atoms with Gasteiger partial charge in [0.15, 0.2) is 0 Å². The van der Waals surface area contributed by atoms with Crippen LogP contribution >= 0.6 is 0 Å². The average molecular weight is 558 g/mol. The molecule has 0 bridgehead atoms. The quantitative estimate of drug-likeness (QED) is 0.226. The van der Waals surface area contributed by atoms with Crippen LogP contribution in [-0.4, -0.2) is 45.8 Å². The van der Waals surface area contributed by atoms with Gasteiger partial charge in [0, 0.05) is 0 Å². The molecule has 41 heavy (non-hydrogen) atoms. The van der Waals surface area contributed by atoms with Crippen LogP contribution in [0.15, 0.2) is 72.8 Å². The predicted molar refractivity (Wildman–Crippen MR) is 165 cm³/mol. The number of hydrogen-bond donors (Lipinski definition) is 3. The highest BCUT2D eigenvalue weighted by atomic mass is 16.4. The molecule has 4 rings (SSSR count). The van der Waals surface area contributed by atoms with Gasteiger partial charge in [0.1, 0.15) is 5.60 Å². The number of benzene rings is 3. The first-order valence-electron chi connectivity index (χ1n) is 15.2. The lowest BCUT2D eigenvalue weighted by Gasteiger charge is -2.42. The monoisotopic (exact) mass is 557 g/mol. The van der Waals surface area contributed by atoms with Gasteiger partial charge in [-0.3, -0.25) is 4.79 Å². The summed E-state index contributed by atoms with van der Waals surface area (Å²) in [6.45, 7) is 10.7. The van der Waals surface area contributed by atoms with E-state index in [1.807, 2.05) is 38.1 Å². The Bertz CT molecular complexity index is 1210. The maximum Gasteiger partial charge on any atom is 0.314 e. The minimum Gasteiger partial charge on any atom is -0.481 e. The molecule has 1 atom stereocenters. The number of aliphatic carboxylic acids is 1. The van der Waals surface area contributed by atoms with Crippen molar-refractivity contribution in [1.29, 1.82) is 0 Å². The van der Waals surface area contributed by atoms with Crippen molar-refractivity contribution in [2.24, 2.45) is 5.92 Å². The normalized spacial score (nSPS) is 16.0. The number of aliphatic hydroxyl groups is 2. The van der Waals surface area contributed by atoms with E-state index in [0.717, 1.165) is 61.2 Å². The van der Waals surface area contributed by atoms with Crippen LogP contribution in [0.25, 0.3) is 0 Å². The molecule has 0 saturated carbocycles. The second kappa shape index (κ2) is 13.3. The minimum atomic E-state index is -1.02. The van der Waals surface area contributed by atoms with E-state index in [2.05, 4.69) is 67.3 Å². The molecule has 1 saturated heterocycles. The lowest BCUT2D eigenvalue weighted by molar-refractivity contribution is -0.144. The molecule has 1 fully saturated rings. The summed E-state index contributed by atoms with van der Waals surface area (Å²) in [5.41, 5.74) is 4.01. The molecule has 220 valence electrons. The van der Waals surface area contributed by atoms with Crippen molar-refractivity contribution in [3.63, 3.8) is 0 Å². The van der Waals surface area contributed by atoms with Gasteiger partial charge in [0.25, 0.3) is 0 Å². The third-order valence-corrected chi connectivity index (χ3v) is 9.58. The van der Waals surface area contributed by atoms with Gasteiger partial charge in [-0.05, 0) is 100 Å². The number of aryl methyl sites for hydroxylation is 2. The first kappa shape index (κ1) is 31.0. The van der Waals surface area contributed by atoms with E-state index in [-0.39, 0.29) is 5.92 Å². The van der Waals surface area contributed by atoms with Crippen LogP contribution in [0.3, 0.4) is 0 Å². The molecule has 3 aromatic rings. The Kier molecular flexibility index (Phi) is 10.1. The average Bonchev–Trinajstić information content (AvgIpc) is 2.99. The second-order valence-corrected chi connectivity index (χ2v) is 12.0. The van der Waals surface area contributed by atoms with E-state index in [4.69, 9.17) is 0 Å². The Morgan fingerprint density at radius 2 is 1.29 bits per heavy atom. The number of likely N-dealkylation sites (tertiary alicyclic amines) is 1. The third kappa shape index (κ3) is 6.58. The fourth-order valence-electron chi connectivity index (χ4n) is 6.61. The zero-order valence-electron chi connectivity index (χ0n) is 25.1. The molecule has 5 nitrogen and oxygen atoms in total. The van der Waals surface area contributed by atoms with Crippen LogP contribution in [0.4, 0.5) is 0 Å². The number of rotatable bonds is 12. The maximum absolute atomic E-state index is 12.3. The first-order chi connectivity index (χ1) is 19.6. The summed E-state index contributed by atoms with van der Waals surface area (Å²) in [5, 5.41) is 32.9. The lowest BCUT2D eigenvalue weighted by Crippen LogP contribution is -2.44. The molecular weight excluding hydrogens is 510 g/mol. The van der Waals surface area contributed by atoms with Crippen molar-refractivity contribution in [1.82, 2.24) is 4.90 Å². The van der Waals surface area contributed by atoms with Crippen LogP contribution in [0.2, 0.25) is 0 Å². The van der Waals surface area contributed by atoms with Gasteiger partial charge < -0.3 is 20.2 Å². The summed E-state index contributed by atoms with van der Waals surface area (Å²) in [7, 11) is 0. The first-order valence-corrected chi connectivity index (χ1v) is 15.2. The molecular formula is C36H47NO4. The molecule has 1 heterocycles. The molecule has 1 aliphatic rings. The van der Waals surface area contributed by atoms with E-state index < -0.39 is 23.1 Å². The van der Waals surface area contributed by atoms with Crippen molar-refractivity contribution < 1.29 is 20.1 Å². The topological polar surface area (TPSA) is 81.0 Å². The number of carbonyl (C=O) groups is 1. The smallest absolute Gasteiger partial charge is 0.314 e. The second-order valence-electron chi connectivity index (χ2n) is 12.0. The van der Waals surface area contributed by atoms with Gasteiger partial charge in [-0.25, -0.2) is 0 Å². The summed E-state index contributed by atoms with van der Waals surface area (Å²) in [6.07, 6.45) is 3.83. The van der Waals surface area contributed by atoms with E-state index in [1.165, 1.54) is 11.1 Å². The summed E-state index contributed by atoms with van der Waals surface area (Å²) in [4.78, 5) is 14.4. The molecule has 5 heteroatoms. The highest BCUT2D eigenvalue weighted by Crippen LogP contribution is 2.42. The van der Waals surface area contributed by atoms with Crippen LogP contribution in [-0.2, 0) is 15.8 Å². The summed E-state index contributed by atoms with van der Waals surface area (Å²) in [5.74, 6) is -0.673. The number of carboxylic acid groups (broad SMARTS) is 1. The Morgan fingerprint density at radius 3 is 1.73 bits per heavy atom. The number of nitrogens with zero attached hydrogens (tertiary/aromatic N) is 1. The molecule has 1 aliphatic heterocycles. The zero-order chi connectivity index (χ0) is 29.6. The van der Waals surface area contributed by atoms with Gasteiger partial charge in [0.05, 0.1) is 11.5 Å². The Balaban J connectivity index is 1.34. The van der Waals surface area contributed by atoms with Crippen molar-refractivity contribution in [3.8, 4) is 0 Å². The van der Waals surface area contributed by atoms with Crippen LogP contribution in [0, 0.1) is 19.8 Å². The van der Waals surface area contributed by atoms with Crippen LogP contribution in [0.5, 0.6) is 0 Å². The molecule has 0 spiro atoms. The SMILES string of the molecule is CCC(CC)(C(=O)O)c1ccc(C(O)CCCN2CCC(C(O)(c3ccc(C)cc3)c3ccc(C)cc3)CC2)cc1. The molecule has 0 radical (unpaired) electrons. The zero-order valence-corrected chi connectivity index (χ0v) is 25.1. The van der Waals surface area contributed by atoms with Gasteiger partial charge in [-0.2, -0.15) is 0 Å². The highest BCUT2D eigenvalue weighted by molar-refractivity contribution is 5.81. The molecule has 3 aromatic carbocycles. The van der Waals surface area contributed by atoms with Crippen LogP contribution < -0.4 is 0 Å². The van der Waals surface area contributed by atoms with E-state index >= 15 is 0 Å². The van der Waals surface area contributed by atoms with Crippen LogP contribution in [0.1, 0.15) is 91.9 Å². The molecule has 1 unspecified atom stereocenters. The number of piperidine rings is 1. The summed E-state index contributed by atoms with van der Waals surface area (Å²) >= 11 is 0. The Morgan fingerprint density at radius 1 is 0.829 bits per heavy atom. The molecule has 0 amide bonds. The van der Waals surface area contributed by atoms with Crippen molar-refractivity contribution in [3.05, 3.63) is 106 Å². The van der Waals surface area contributed by atoms with Crippen molar-refractivity contribution in [2.75, 3.05) is 19.6 Å². The van der Waals surface area contributed by atoms with Gasteiger partial charge in [0.2, 0.25) is 0 Å². The molecule has 0 aliphatic carbocycles. The highest BCUT2D eigenvalue weighted by Gasteiger charge is 2.41. The third-order valence-electron chi connectivity index (χ3n) is 9.58. The van der Waals surface area contributed by atoms with Gasteiger partial charge in [-0.15, -0.1) is 0 Å². The maximum atomic E-state index is 12.3. The lowest BCUT2D eigenvalue weighted by atomic mass is 9.72. The number of aliphatic hydroxyl groups excluding tert-OH is 1. The van der Waals surface area contributed by atoms with E-state index in [1.54, 1.807) is 0 Å². The van der Waals surface area contributed by atoms with Gasteiger partial charge in [-0.1, -0.05) is 97.8 Å². The summed E-state index contributed by atoms with van der Waals surface area (Å²) in [6, 6.07) is 24.1. The van der Waals surface area contributed by atoms with E-state index in [9.17, 15) is 20.1 Å². The van der Waals surface area contributed by atoms with Gasteiger partial charge >= 0.3 is 5.97 Å². The summed E-state index contributed by atoms with van der Waals surface area (Å²) < 4.78 is 0. The predicted octanol–water partition coefficient (Wildman–Crippen LogP) is 6.91. The van der Waals surface area contributed by atoms with Crippen molar-refractivity contribution in [2.45, 2.75) is 83.3 Å². The number of hydrogen-bond acceptors (Lipinski definition) is 4. The fourth-order valence-corrected chi connectivity index (χ4v) is 6.61. The van der Waals surface area contributed by atoms with E-state index in [0.29, 0.717) is 19.3 Å². The standard InChI is InChI=1S/C36H47NO4/c1-5-35(6-2,34(39)40)29-19-13-28(14-20-29)33(38)8-7-23-37-24-21-32(22-25-37)36(41,30-15-9-26(3)10-16-30)31-17-11-27(4)12-18-31/h9-20,32-33,38,41H,5-8,21-25H2,1-4H3,(H,39,40).